The van der Waals surface area contributed by atoms with Crippen LogP contribution in [0, 0.1) is 0 Å². The number of sulfonamides is 1. The third-order valence-corrected chi connectivity index (χ3v) is 8.00. The van der Waals surface area contributed by atoms with E-state index < -0.39 is 27.7 Å². The molecule has 1 aromatic carbocycles. The zero-order chi connectivity index (χ0) is 28.8. The largest absolute Gasteiger partial charge is 0.481 e. The molecule has 8 nitrogen and oxygen atoms in total. The van der Waals surface area contributed by atoms with Gasteiger partial charge >= 0.3 is 12.1 Å². The minimum atomic E-state index is -4.70. The molecule has 0 unspecified atom stereocenters. The molecule has 0 aliphatic carbocycles. The number of halogens is 3. The van der Waals surface area contributed by atoms with Gasteiger partial charge in [-0.25, -0.2) is 9.97 Å². The molecule has 2 aromatic heterocycles. The van der Waals surface area contributed by atoms with Crippen molar-refractivity contribution in [3.63, 3.8) is 0 Å². The van der Waals surface area contributed by atoms with E-state index in [1.165, 1.54) is 12.1 Å². The summed E-state index contributed by atoms with van der Waals surface area (Å²) in [5.74, 6) is -0.950. The Morgan fingerprint density at radius 3 is 2.40 bits per heavy atom. The standard InChI is InChI=1S/C28H31F3N4O4S/c29-28(30,31)22-15-16-23-32-27(22)21-12-7-6-11-20(21)10-5-3-1-2-4-8-18-35(19-17-26(36)37)24-13-9-14-25(33-24)40(38,39)34-23/h6-7,9,11-16H,1-5,8,10,17-19H2,(H,32,34)(H,36,37). The van der Waals surface area contributed by atoms with Crippen LogP contribution in [0.2, 0.25) is 0 Å². The molecule has 0 radical (unpaired) electrons. The van der Waals surface area contributed by atoms with E-state index in [2.05, 4.69) is 14.7 Å². The third-order valence-electron chi connectivity index (χ3n) is 6.74. The lowest BCUT2D eigenvalue weighted by Crippen LogP contribution is -2.29. The number of aryl methyl sites for hydroxylation is 1. The quantitative estimate of drug-likeness (QED) is 0.385. The normalized spacial score (nSPS) is 16.5. The lowest BCUT2D eigenvalue weighted by Gasteiger charge is -2.23. The number of carboxylic acids is 1. The van der Waals surface area contributed by atoms with Gasteiger partial charge in [-0.1, -0.05) is 56.0 Å². The first-order valence-corrected chi connectivity index (χ1v) is 14.7. The molecule has 12 heteroatoms. The van der Waals surface area contributed by atoms with Gasteiger partial charge in [-0.3, -0.25) is 9.52 Å². The average Bonchev–Trinajstić information content (AvgIpc) is 2.90. The van der Waals surface area contributed by atoms with Gasteiger partial charge in [-0.05, 0) is 49.1 Å². The number of aromatic nitrogens is 2. The summed E-state index contributed by atoms with van der Waals surface area (Å²) in [5, 5.41) is 8.83. The fourth-order valence-electron chi connectivity index (χ4n) is 4.74. The van der Waals surface area contributed by atoms with Gasteiger partial charge in [0.05, 0.1) is 17.7 Å². The van der Waals surface area contributed by atoms with Crippen molar-refractivity contribution in [3.8, 4) is 11.3 Å². The molecule has 4 rings (SSSR count). The molecule has 1 aliphatic heterocycles. The summed E-state index contributed by atoms with van der Waals surface area (Å²) >= 11 is 0. The topological polar surface area (TPSA) is 112 Å². The van der Waals surface area contributed by atoms with Crippen LogP contribution in [-0.2, 0) is 27.4 Å². The van der Waals surface area contributed by atoms with Crippen LogP contribution in [0.3, 0.4) is 0 Å². The van der Waals surface area contributed by atoms with E-state index in [1.54, 1.807) is 35.2 Å². The number of pyridine rings is 2. The lowest BCUT2D eigenvalue weighted by atomic mass is 9.96. The smallest absolute Gasteiger partial charge is 0.418 e. The van der Waals surface area contributed by atoms with E-state index in [-0.39, 0.29) is 29.5 Å². The first-order valence-electron chi connectivity index (χ1n) is 13.2. The Labute approximate surface area is 231 Å². The molecule has 0 amide bonds. The Morgan fingerprint density at radius 1 is 0.925 bits per heavy atom. The van der Waals surface area contributed by atoms with E-state index in [9.17, 15) is 31.5 Å². The predicted octanol–water partition coefficient (Wildman–Crippen LogP) is 6.14. The van der Waals surface area contributed by atoms with Crippen molar-refractivity contribution in [2.75, 3.05) is 22.7 Å². The highest BCUT2D eigenvalue weighted by atomic mass is 32.2. The second-order valence-corrected chi connectivity index (χ2v) is 11.3. The van der Waals surface area contributed by atoms with E-state index in [1.807, 2.05) is 0 Å². The maximum absolute atomic E-state index is 14.0. The fourth-order valence-corrected chi connectivity index (χ4v) is 5.70. The molecule has 0 saturated carbocycles. The number of hydrogen-bond donors (Lipinski definition) is 2. The summed E-state index contributed by atoms with van der Waals surface area (Å²) in [7, 11) is -4.33. The maximum Gasteiger partial charge on any atom is 0.418 e. The van der Waals surface area contributed by atoms with Crippen molar-refractivity contribution in [1.29, 1.82) is 0 Å². The average molecular weight is 577 g/mol. The third kappa shape index (κ3) is 7.50. The molecule has 3 heterocycles. The van der Waals surface area contributed by atoms with Crippen LogP contribution in [0.1, 0.15) is 56.1 Å². The predicted molar refractivity (Wildman–Crippen MR) is 146 cm³/mol. The first kappa shape index (κ1) is 29.3. The van der Waals surface area contributed by atoms with Crippen molar-refractivity contribution >= 4 is 27.6 Å². The van der Waals surface area contributed by atoms with Crippen molar-refractivity contribution in [3.05, 3.63) is 65.7 Å². The Balaban J connectivity index is 1.77. The van der Waals surface area contributed by atoms with Gasteiger partial charge in [0.1, 0.15) is 11.6 Å². The second-order valence-electron chi connectivity index (χ2n) is 9.69. The van der Waals surface area contributed by atoms with Gasteiger partial charge in [0.15, 0.2) is 5.03 Å². The van der Waals surface area contributed by atoms with Crippen LogP contribution < -0.4 is 9.62 Å². The van der Waals surface area contributed by atoms with E-state index >= 15 is 0 Å². The summed E-state index contributed by atoms with van der Waals surface area (Å²) in [6, 6.07) is 12.9. The highest BCUT2D eigenvalue weighted by Crippen LogP contribution is 2.38. The van der Waals surface area contributed by atoms with E-state index in [4.69, 9.17) is 0 Å². The number of rotatable bonds is 3. The molecule has 0 saturated heterocycles. The first-order chi connectivity index (χ1) is 19.0. The molecule has 4 bridgehead atoms. The van der Waals surface area contributed by atoms with Gasteiger partial charge < -0.3 is 10.0 Å². The molecule has 3 aromatic rings. The van der Waals surface area contributed by atoms with Crippen molar-refractivity contribution in [1.82, 2.24) is 9.97 Å². The molecule has 0 spiro atoms. The summed E-state index contributed by atoms with van der Waals surface area (Å²) < 4.78 is 70.8. The van der Waals surface area contributed by atoms with E-state index in [0.717, 1.165) is 50.7 Å². The number of aliphatic carboxylic acids is 1. The molecule has 0 fully saturated rings. The Morgan fingerprint density at radius 2 is 1.65 bits per heavy atom. The molecule has 1 aliphatic rings. The van der Waals surface area contributed by atoms with Crippen molar-refractivity contribution in [2.45, 2.75) is 62.6 Å². The number of anilines is 2. The highest BCUT2D eigenvalue weighted by Gasteiger charge is 2.35. The molecule has 0 atom stereocenters. The number of carboxylic acid groups (broad SMARTS) is 1. The monoisotopic (exact) mass is 576 g/mol. The number of hydrogen-bond acceptors (Lipinski definition) is 6. The molecular weight excluding hydrogens is 545 g/mol. The van der Waals surface area contributed by atoms with Crippen molar-refractivity contribution in [2.24, 2.45) is 0 Å². The van der Waals surface area contributed by atoms with Crippen LogP contribution in [-0.4, -0.2) is 42.6 Å². The number of nitrogens with one attached hydrogen (secondary N) is 1. The van der Waals surface area contributed by atoms with Crippen molar-refractivity contribution < 1.29 is 31.5 Å². The zero-order valence-electron chi connectivity index (χ0n) is 21.8. The summed E-state index contributed by atoms with van der Waals surface area (Å²) in [4.78, 5) is 21.4. The minimum Gasteiger partial charge on any atom is -0.481 e. The molecule has 214 valence electrons. The SMILES string of the molecule is O=C(O)CCN1CCCCCCCCc2ccccc2-c2nc(ccc2C(F)(F)F)NS(=O)(=O)c2cccc1n2. The lowest BCUT2D eigenvalue weighted by molar-refractivity contribution is -0.138. The van der Waals surface area contributed by atoms with Gasteiger partial charge in [-0.15, -0.1) is 0 Å². The van der Waals surface area contributed by atoms with Gasteiger partial charge in [0.2, 0.25) is 0 Å². The summed E-state index contributed by atoms with van der Waals surface area (Å²) in [5.41, 5.74) is -0.282. The molecular formula is C28H31F3N4O4S. The number of fused-ring (bicyclic) bond motifs is 6. The summed E-state index contributed by atoms with van der Waals surface area (Å²) in [6.07, 6.45) is 0.971. The molecule has 40 heavy (non-hydrogen) atoms. The highest BCUT2D eigenvalue weighted by molar-refractivity contribution is 7.92. The van der Waals surface area contributed by atoms with Gasteiger partial charge in [0, 0.05) is 18.7 Å². The second kappa shape index (κ2) is 12.7. The van der Waals surface area contributed by atoms with Gasteiger partial charge in [-0.2, -0.15) is 21.6 Å². The Bertz CT molecular complexity index is 1450. The number of nitrogens with zero attached hydrogens (tertiary/aromatic N) is 3. The Hall–Kier alpha value is -3.67. The Kier molecular flexibility index (Phi) is 9.28. The fraction of sp³-hybridized carbons (Fsp3) is 0.393. The van der Waals surface area contributed by atoms with Crippen LogP contribution in [0.5, 0.6) is 0 Å². The number of alkyl halides is 3. The zero-order valence-corrected chi connectivity index (χ0v) is 22.6. The van der Waals surface area contributed by atoms with Gasteiger partial charge in [0.25, 0.3) is 10.0 Å². The summed E-state index contributed by atoms with van der Waals surface area (Å²) in [6.45, 7) is 0.662. The maximum atomic E-state index is 14.0. The van der Waals surface area contributed by atoms with Crippen LogP contribution in [0.4, 0.5) is 24.8 Å². The van der Waals surface area contributed by atoms with E-state index in [0.29, 0.717) is 29.9 Å². The van der Waals surface area contributed by atoms with Crippen LogP contribution in [0.15, 0.2) is 59.6 Å². The number of carbonyl (C=O) groups is 1. The molecule has 2 N–H and O–H groups in total. The van der Waals surface area contributed by atoms with Crippen LogP contribution >= 0.6 is 0 Å². The van der Waals surface area contributed by atoms with Crippen LogP contribution in [0.25, 0.3) is 11.3 Å². The minimum absolute atomic E-state index is 0.143. The number of benzene rings is 1.